The zero-order valence-electron chi connectivity index (χ0n) is 12.0. The number of rotatable bonds is 4. The summed E-state index contributed by atoms with van der Waals surface area (Å²) in [5.74, 6) is -0.536. The Balaban J connectivity index is 2.14. The van der Waals surface area contributed by atoms with Crippen LogP contribution >= 0.6 is 0 Å². The third-order valence-corrected chi connectivity index (χ3v) is 3.64. The molecular weight excluding hydrogens is 292 g/mol. The molecule has 3 unspecified atom stereocenters. The lowest BCUT2D eigenvalue weighted by atomic mass is 9.96. The van der Waals surface area contributed by atoms with E-state index in [-0.39, 0.29) is 0 Å². The van der Waals surface area contributed by atoms with Crippen LogP contribution in [-0.4, -0.2) is 70.6 Å². The molecule has 122 valence electrons. The Labute approximate surface area is 127 Å². The molecule has 0 aromatic heterocycles. The summed E-state index contributed by atoms with van der Waals surface area (Å²) in [5, 5.41) is 44.0. The number of hydrogen-bond acceptors (Lipinski definition) is 7. The van der Waals surface area contributed by atoms with Gasteiger partial charge in [0.15, 0.2) is 6.29 Å². The Kier molecular flexibility index (Phi) is 5.33. The maximum Gasteiger partial charge on any atom is 0.253 e. The maximum absolute atomic E-state index is 12.3. The lowest BCUT2D eigenvalue weighted by Gasteiger charge is -2.40. The first-order valence-electron chi connectivity index (χ1n) is 6.87. The van der Waals surface area contributed by atoms with Crippen molar-refractivity contribution in [1.29, 1.82) is 0 Å². The van der Waals surface area contributed by atoms with Gasteiger partial charge in [0.1, 0.15) is 24.4 Å². The molecule has 1 saturated heterocycles. The van der Waals surface area contributed by atoms with Gasteiger partial charge in [-0.25, -0.2) is 0 Å². The third-order valence-electron chi connectivity index (χ3n) is 3.64. The number of nitrogens with one attached hydrogen (secondary N) is 2. The fraction of sp³-hybridized carbons (Fsp3) is 0.500. The van der Waals surface area contributed by atoms with Crippen molar-refractivity contribution in [3.63, 3.8) is 0 Å². The molecule has 0 aliphatic carbocycles. The minimum absolute atomic E-state index is 0.322. The van der Waals surface area contributed by atoms with E-state index in [1.807, 2.05) is 0 Å². The zero-order valence-corrected chi connectivity index (χ0v) is 12.0. The van der Waals surface area contributed by atoms with Crippen molar-refractivity contribution in [2.24, 2.45) is 0 Å². The smallest absolute Gasteiger partial charge is 0.253 e. The van der Waals surface area contributed by atoms with E-state index in [0.717, 1.165) is 0 Å². The van der Waals surface area contributed by atoms with Crippen LogP contribution in [0.1, 0.15) is 10.4 Å². The van der Waals surface area contributed by atoms with E-state index >= 15 is 0 Å². The second kappa shape index (κ2) is 7.03. The quantitative estimate of drug-likeness (QED) is 0.389. The number of benzene rings is 1. The number of para-hydroxylation sites is 1. The van der Waals surface area contributed by atoms with E-state index in [1.54, 1.807) is 31.3 Å². The molecule has 8 heteroatoms. The summed E-state index contributed by atoms with van der Waals surface area (Å²) in [4.78, 5) is 12.3. The van der Waals surface area contributed by atoms with E-state index in [2.05, 4.69) is 10.6 Å². The normalized spacial score (nSPS) is 31.6. The second-order valence-electron chi connectivity index (χ2n) is 5.02. The van der Waals surface area contributed by atoms with Gasteiger partial charge in [0.25, 0.3) is 5.91 Å². The highest BCUT2D eigenvalue weighted by atomic mass is 16.6. The summed E-state index contributed by atoms with van der Waals surface area (Å²) in [6.07, 6.45) is -5.53. The fourth-order valence-electron chi connectivity index (χ4n) is 2.38. The number of carbonyl (C=O) groups is 1. The van der Waals surface area contributed by atoms with Crippen LogP contribution in [0.2, 0.25) is 0 Å². The average Bonchev–Trinajstić information content (AvgIpc) is 2.54. The molecule has 8 nitrogen and oxygen atoms in total. The molecule has 1 heterocycles. The number of amides is 1. The highest BCUT2D eigenvalue weighted by Crippen LogP contribution is 2.21. The molecule has 1 aliphatic heterocycles. The summed E-state index contributed by atoms with van der Waals surface area (Å²) in [6.45, 7) is -0.557. The number of aliphatic hydroxyl groups is 4. The Morgan fingerprint density at radius 3 is 2.55 bits per heavy atom. The van der Waals surface area contributed by atoms with Crippen LogP contribution < -0.4 is 10.6 Å². The van der Waals surface area contributed by atoms with Crippen LogP contribution in [0.5, 0.6) is 0 Å². The maximum atomic E-state index is 12.3. The standard InChI is InChI=1S/C14H20N2O6/c1-15-8-5-3-2-4-7(8)13(20)16-10-12(19)11(18)9(6-17)22-14(10)21/h2-5,9-12,14-15,17-19,21H,6H2,1H3,(H,16,20)/t9?,10?,11-,12?,14+/m1/s1. The number of ether oxygens (including phenoxy) is 1. The predicted molar refractivity (Wildman–Crippen MR) is 77.2 cm³/mol. The van der Waals surface area contributed by atoms with Crippen molar-refractivity contribution < 1.29 is 30.0 Å². The SMILES string of the molecule is CNc1ccccc1C(=O)NC1C(O)[C@H](O)C(CO)O[C@@H]1O. The zero-order chi connectivity index (χ0) is 16.3. The van der Waals surface area contributed by atoms with E-state index in [1.165, 1.54) is 0 Å². The molecule has 1 aromatic carbocycles. The van der Waals surface area contributed by atoms with E-state index in [9.17, 15) is 20.1 Å². The van der Waals surface area contributed by atoms with Gasteiger partial charge in [0.2, 0.25) is 0 Å². The van der Waals surface area contributed by atoms with E-state index in [0.29, 0.717) is 11.3 Å². The number of aliphatic hydroxyl groups excluding tert-OH is 4. The number of hydrogen-bond donors (Lipinski definition) is 6. The minimum atomic E-state index is -1.54. The molecule has 0 saturated carbocycles. The van der Waals surface area contributed by atoms with Crippen LogP contribution in [0.15, 0.2) is 24.3 Å². The molecule has 0 bridgehead atoms. The summed E-state index contributed by atoms with van der Waals surface area (Å²) < 4.78 is 4.99. The van der Waals surface area contributed by atoms with Gasteiger partial charge in [-0.05, 0) is 12.1 Å². The molecule has 1 aliphatic rings. The van der Waals surface area contributed by atoms with Gasteiger partial charge in [0.05, 0.1) is 12.2 Å². The van der Waals surface area contributed by atoms with Crippen molar-refractivity contribution >= 4 is 11.6 Å². The summed E-state index contributed by atoms with van der Waals surface area (Å²) >= 11 is 0. The Bertz CT molecular complexity index is 526. The molecule has 0 radical (unpaired) electrons. The second-order valence-corrected chi connectivity index (χ2v) is 5.02. The average molecular weight is 312 g/mol. The molecule has 1 aromatic rings. The first-order valence-corrected chi connectivity index (χ1v) is 6.87. The predicted octanol–water partition coefficient (Wildman–Crippen LogP) is -1.74. The Morgan fingerprint density at radius 1 is 1.23 bits per heavy atom. The van der Waals surface area contributed by atoms with Crippen LogP contribution in [0.3, 0.4) is 0 Å². The van der Waals surface area contributed by atoms with Gasteiger partial charge in [-0.1, -0.05) is 12.1 Å². The van der Waals surface area contributed by atoms with Gasteiger partial charge in [-0.15, -0.1) is 0 Å². The van der Waals surface area contributed by atoms with Crippen LogP contribution in [0.25, 0.3) is 0 Å². The molecule has 1 fully saturated rings. The van der Waals surface area contributed by atoms with Crippen molar-refractivity contribution in [3.8, 4) is 0 Å². The highest BCUT2D eigenvalue weighted by molar-refractivity contribution is 5.99. The van der Waals surface area contributed by atoms with Crippen LogP contribution in [0, 0.1) is 0 Å². The number of anilines is 1. The molecular formula is C14H20N2O6. The fourth-order valence-corrected chi connectivity index (χ4v) is 2.38. The van der Waals surface area contributed by atoms with E-state index in [4.69, 9.17) is 9.84 Å². The first-order chi connectivity index (χ1) is 10.5. The monoisotopic (exact) mass is 312 g/mol. The Hall–Kier alpha value is -1.71. The van der Waals surface area contributed by atoms with Crippen molar-refractivity contribution in [2.75, 3.05) is 19.0 Å². The topological polar surface area (TPSA) is 131 Å². The van der Waals surface area contributed by atoms with Gasteiger partial charge >= 0.3 is 0 Å². The lowest BCUT2D eigenvalue weighted by molar-refractivity contribution is -0.252. The molecule has 6 N–H and O–H groups in total. The minimum Gasteiger partial charge on any atom is -0.394 e. The highest BCUT2D eigenvalue weighted by Gasteiger charge is 2.44. The van der Waals surface area contributed by atoms with E-state index < -0.39 is 43.2 Å². The molecule has 5 atom stereocenters. The van der Waals surface area contributed by atoms with Crippen LogP contribution in [0.4, 0.5) is 5.69 Å². The van der Waals surface area contributed by atoms with Crippen LogP contribution in [-0.2, 0) is 4.74 Å². The summed E-state index contributed by atoms with van der Waals surface area (Å²) in [6, 6.07) is 5.50. The van der Waals surface area contributed by atoms with Crippen molar-refractivity contribution in [3.05, 3.63) is 29.8 Å². The first kappa shape index (κ1) is 16.7. The summed E-state index contributed by atoms with van der Waals surface area (Å²) in [7, 11) is 1.66. The van der Waals surface area contributed by atoms with Gasteiger partial charge < -0.3 is 35.8 Å². The van der Waals surface area contributed by atoms with Crippen molar-refractivity contribution in [1.82, 2.24) is 5.32 Å². The van der Waals surface area contributed by atoms with Gasteiger partial charge in [-0.2, -0.15) is 0 Å². The third kappa shape index (κ3) is 3.21. The Morgan fingerprint density at radius 2 is 1.91 bits per heavy atom. The van der Waals surface area contributed by atoms with Gasteiger partial charge in [0, 0.05) is 12.7 Å². The largest absolute Gasteiger partial charge is 0.394 e. The molecule has 1 amide bonds. The van der Waals surface area contributed by atoms with Crippen molar-refractivity contribution in [2.45, 2.75) is 30.6 Å². The molecule has 22 heavy (non-hydrogen) atoms. The lowest BCUT2D eigenvalue weighted by Crippen LogP contribution is -2.64. The molecule has 0 spiro atoms. The summed E-state index contributed by atoms with van der Waals surface area (Å²) in [5.41, 5.74) is 0.901. The van der Waals surface area contributed by atoms with Gasteiger partial charge in [-0.3, -0.25) is 4.79 Å². The molecule has 2 rings (SSSR count). The number of carbonyl (C=O) groups excluding carboxylic acids is 1.